The second kappa shape index (κ2) is 19.0. The van der Waals surface area contributed by atoms with Gasteiger partial charge in [0.25, 0.3) is 0 Å². The first-order valence-electron chi connectivity index (χ1n) is 16.1. The molecule has 6 atom stereocenters. The first kappa shape index (κ1) is 39.4. The Morgan fingerprint density at radius 2 is 1.18 bits per heavy atom. The first-order chi connectivity index (χ1) is 21.0. The van der Waals surface area contributed by atoms with Gasteiger partial charge in [0, 0.05) is 14.1 Å². The van der Waals surface area contributed by atoms with Gasteiger partial charge in [0.2, 0.25) is 17.7 Å². The molecule has 0 radical (unpaired) electrons. The molecule has 0 aliphatic heterocycles. The lowest BCUT2D eigenvalue weighted by atomic mass is 9.94. The second-order valence-electron chi connectivity index (χ2n) is 13.0. The number of carbonyl (C=O) groups is 5. The van der Waals surface area contributed by atoms with E-state index in [0.29, 0.717) is 25.7 Å². The van der Waals surface area contributed by atoms with Crippen molar-refractivity contribution in [3.8, 4) is 0 Å². The third-order valence-electron chi connectivity index (χ3n) is 8.32. The van der Waals surface area contributed by atoms with Gasteiger partial charge in [-0.2, -0.15) is 0 Å². The van der Waals surface area contributed by atoms with Crippen molar-refractivity contribution in [3.05, 3.63) is 35.9 Å². The van der Waals surface area contributed by atoms with Gasteiger partial charge in [-0.15, -0.1) is 0 Å². The van der Waals surface area contributed by atoms with E-state index in [2.05, 4.69) is 10.6 Å². The van der Waals surface area contributed by atoms with Crippen molar-refractivity contribution >= 4 is 29.8 Å². The summed E-state index contributed by atoms with van der Waals surface area (Å²) >= 11 is 0. The van der Waals surface area contributed by atoms with Gasteiger partial charge in [-0.1, -0.05) is 98.6 Å². The molecule has 0 aromatic heterocycles. The van der Waals surface area contributed by atoms with Crippen molar-refractivity contribution < 1.29 is 33.8 Å². The molecular formula is C34H56N4O7. The van der Waals surface area contributed by atoms with Crippen molar-refractivity contribution in [3.63, 3.8) is 0 Å². The van der Waals surface area contributed by atoms with Crippen LogP contribution in [0.2, 0.25) is 0 Å². The Morgan fingerprint density at radius 3 is 1.62 bits per heavy atom. The summed E-state index contributed by atoms with van der Waals surface area (Å²) in [5.41, 5.74) is 0.813. The highest BCUT2D eigenvalue weighted by atomic mass is 16.6. The molecule has 1 aromatic rings. The Balaban J connectivity index is 3.26. The van der Waals surface area contributed by atoms with Crippen LogP contribution in [0.15, 0.2) is 30.3 Å². The van der Waals surface area contributed by atoms with Gasteiger partial charge < -0.3 is 25.4 Å². The van der Waals surface area contributed by atoms with Crippen molar-refractivity contribution in [2.75, 3.05) is 14.1 Å². The van der Waals surface area contributed by atoms with E-state index in [0.717, 1.165) is 5.56 Å². The monoisotopic (exact) mass is 632 g/mol. The van der Waals surface area contributed by atoms with Crippen LogP contribution in [0.5, 0.6) is 0 Å². The molecule has 1 rings (SSSR count). The molecule has 4 amide bonds. The molecule has 0 saturated carbocycles. The van der Waals surface area contributed by atoms with Crippen LogP contribution >= 0.6 is 0 Å². The maximum absolute atomic E-state index is 14.0. The molecule has 0 spiro atoms. The fourth-order valence-corrected chi connectivity index (χ4v) is 4.96. The van der Waals surface area contributed by atoms with Crippen LogP contribution in [-0.2, 0) is 30.5 Å². The number of benzene rings is 1. The molecule has 11 heteroatoms. The van der Waals surface area contributed by atoms with Crippen LogP contribution in [-0.4, -0.2) is 83.0 Å². The van der Waals surface area contributed by atoms with E-state index in [1.807, 2.05) is 78.8 Å². The predicted molar refractivity (Wildman–Crippen MR) is 174 cm³/mol. The average Bonchev–Trinajstić information content (AvgIpc) is 3.00. The normalized spacial score (nSPS) is 15.3. The Kier molecular flexibility index (Phi) is 16.6. The second-order valence-corrected chi connectivity index (χ2v) is 13.0. The smallest absolute Gasteiger partial charge is 0.410 e. The fourth-order valence-electron chi connectivity index (χ4n) is 4.96. The third-order valence-corrected chi connectivity index (χ3v) is 8.32. The molecule has 0 saturated heterocycles. The molecule has 45 heavy (non-hydrogen) atoms. The molecule has 3 N–H and O–H groups in total. The number of hydrogen-bond acceptors (Lipinski definition) is 6. The highest BCUT2D eigenvalue weighted by Gasteiger charge is 2.38. The number of likely N-dealkylation sites (N-methyl/N-ethyl adjacent to an activating group) is 2. The largest absolute Gasteiger partial charge is 0.480 e. The summed E-state index contributed by atoms with van der Waals surface area (Å²) in [6.07, 6.45) is 1.09. The lowest BCUT2D eigenvalue weighted by molar-refractivity contribution is -0.147. The Hall–Kier alpha value is -3.63. The molecule has 0 heterocycles. The van der Waals surface area contributed by atoms with E-state index < -0.39 is 54.0 Å². The quantitative estimate of drug-likeness (QED) is 0.213. The standard InChI is InChI=1S/C34H56N4O7/c1-11-23(7)28(32(41)37(9)26(18-21(3)4)30(39)36-29(33(42)43)24(8)12-2)35-31(40)27(19-22(5)6)38(10)34(44)45-20-25-16-14-13-15-17-25/h13-17,21-24,26-29H,11-12,18-20H2,1-10H3,(H,35,40)(H,36,39)(H,42,43)/t23-,24-,26-,27-,28-,29-/m0/s1. The molecule has 0 aliphatic rings. The Bertz CT molecular complexity index is 1110. The van der Waals surface area contributed by atoms with E-state index in [4.69, 9.17) is 4.74 Å². The van der Waals surface area contributed by atoms with Crippen molar-refractivity contribution in [1.29, 1.82) is 0 Å². The lowest BCUT2D eigenvalue weighted by Crippen LogP contribution is -2.60. The Labute approximate surface area is 269 Å². The zero-order valence-corrected chi connectivity index (χ0v) is 28.8. The number of nitrogens with zero attached hydrogens (tertiary/aromatic N) is 2. The number of carbonyl (C=O) groups excluding carboxylic acids is 4. The molecule has 0 aliphatic carbocycles. The summed E-state index contributed by atoms with van der Waals surface area (Å²) < 4.78 is 5.48. The van der Waals surface area contributed by atoms with E-state index in [9.17, 15) is 29.1 Å². The maximum atomic E-state index is 14.0. The SMILES string of the molecule is CC[C@H](C)[C@H](NC(=O)[C@H](CC(C)C)N(C)C(=O)[C@@H](NC(=O)[C@H](CC(C)C)N(C)C(=O)OCc1ccccc1)[C@@H](C)CC)C(=O)O. The van der Waals surface area contributed by atoms with Gasteiger partial charge in [0.05, 0.1) is 0 Å². The van der Waals surface area contributed by atoms with Crippen LogP contribution in [0.1, 0.15) is 86.6 Å². The van der Waals surface area contributed by atoms with Crippen LogP contribution in [0.3, 0.4) is 0 Å². The van der Waals surface area contributed by atoms with Crippen LogP contribution in [0, 0.1) is 23.7 Å². The maximum Gasteiger partial charge on any atom is 0.410 e. The van der Waals surface area contributed by atoms with Gasteiger partial charge in [-0.3, -0.25) is 19.3 Å². The number of hydrogen-bond donors (Lipinski definition) is 3. The molecule has 0 unspecified atom stereocenters. The third kappa shape index (κ3) is 12.4. The number of carboxylic acid groups (broad SMARTS) is 1. The minimum Gasteiger partial charge on any atom is -0.480 e. The van der Waals surface area contributed by atoms with E-state index in [-0.39, 0.29) is 30.3 Å². The topological polar surface area (TPSA) is 145 Å². The van der Waals surface area contributed by atoms with Gasteiger partial charge in [0.1, 0.15) is 30.8 Å². The highest BCUT2D eigenvalue weighted by Crippen LogP contribution is 2.19. The highest BCUT2D eigenvalue weighted by molar-refractivity contribution is 5.94. The molecule has 0 fully saturated rings. The number of ether oxygens (including phenoxy) is 1. The molecule has 11 nitrogen and oxygen atoms in total. The number of aliphatic carboxylic acids is 1. The van der Waals surface area contributed by atoms with Gasteiger partial charge in [-0.25, -0.2) is 9.59 Å². The number of carboxylic acids is 1. The first-order valence-corrected chi connectivity index (χ1v) is 16.1. The summed E-state index contributed by atoms with van der Waals surface area (Å²) in [5, 5.41) is 15.3. The Morgan fingerprint density at radius 1 is 0.733 bits per heavy atom. The number of amides is 4. The summed E-state index contributed by atoms with van der Waals surface area (Å²) in [6, 6.07) is 5.29. The molecular weight excluding hydrogens is 576 g/mol. The zero-order valence-electron chi connectivity index (χ0n) is 28.8. The zero-order chi connectivity index (χ0) is 34.4. The van der Waals surface area contributed by atoms with E-state index in [1.54, 1.807) is 6.92 Å². The minimum atomic E-state index is -1.14. The van der Waals surface area contributed by atoms with Crippen LogP contribution in [0.25, 0.3) is 0 Å². The average molecular weight is 633 g/mol. The van der Waals surface area contributed by atoms with Gasteiger partial charge in [0.15, 0.2) is 0 Å². The fraction of sp³-hybridized carbons (Fsp3) is 0.676. The van der Waals surface area contributed by atoms with E-state index in [1.165, 1.54) is 23.9 Å². The summed E-state index contributed by atoms with van der Waals surface area (Å²) in [4.78, 5) is 68.8. The molecule has 1 aromatic carbocycles. The van der Waals surface area contributed by atoms with E-state index >= 15 is 0 Å². The predicted octanol–water partition coefficient (Wildman–Crippen LogP) is 4.69. The number of rotatable bonds is 18. The summed E-state index contributed by atoms with van der Waals surface area (Å²) in [5.74, 6) is -3.19. The van der Waals surface area contributed by atoms with Crippen molar-refractivity contribution in [2.24, 2.45) is 23.7 Å². The van der Waals surface area contributed by atoms with Crippen LogP contribution in [0.4, 0.5) is 4.79 Å². The van der Waals surface area contributed by atoms with Crippen molar-refractivity contribution in [2.45, 2.75) is 112 Å². The van der Waals surface area contributed by atoms with Gasteiger partial charge >= 0.3 is 12.1 Å². The lowest BCUT2D eigenvalue weighted by Gasteiger charge is -2.36. The van der Waals surface area contributed by atoms with Gasteiger partial charge in [-0.05, 0) is 42.1 Å². The molecule has 254 valence electrons. The number of nitrogens with one attached hydrogen (secondary N) is 2. The summed E-state index contributed by atoms with van der Waals surface area (Å²) in [6.45, 7) is 15.1. The van der Waals surface area contributed by atoms with Crippen molar-refractivity contribution in [1.82, 2.24) is 20.4 Å². The van der Waals surface area contributed by atoms with Crippen LogP contribution < -0.4 is 10.6 Å². The molecule has 0 bridgehead atoms. The minimum absolute atomic E-state index is 0.0190. The summed E-state index contributed by atoms with van der Waals surface area (Å²) in [7, 11) is 3.01.